The van der Waals surface area contributed by atoms with E-state index in [4.69, 9.17) is 0 Å². The molecule has 0 aromatic heterocycles. The minimum Gasteiger partial charge on any atom is -0.352 e. The molecule has 1 N–H and O–H groups in total. The van der Waals surface area contributed by atoms with Crippen molar-refractivity contribution in [3.8, 4) is 0 Å². The third-order valence-corrected chi connectivity index (χ3v) is 3.94. The highest BCUT2D eigenvalue weighted by molar-refractivity contribution is 9.10. The fraction of sp³-hybridized carbons (Fsp3) is 0.462. The molecule has 0 saturated carbocycles. The van der Waals surface area contributed by atoms with Crippen molar-refractivity contribution in [2.24, 2.45) is 5.92 Å². The summed E-state index contributed by atoms with van der Waals surface area (Å²) in [7, 11) is 0. The van der Waals surface area contributed by atoms with Crippen LogP contribution >= 0.6 is 31.9 Å². The van der Waals surface area contributed by atoms with E-state index in [1.165, 1.54) is 18.2 Å². The van der Waals surface area contributed by atoms with Crippen molar-refractivity contribution in [1.29, 1.82) is 0 Å². The maximum atomic E-state index is 12.9. The quantitative estimate of drug-likeness (QED) is 0.738. The first-order chi connectivity index (χ1) is 8.58. The fourth-order valence-corrected chi connectivity index (χ4v) is 2.79. The first kappa shape index (κ1) is 15.6. The molecule has 1 atom stereocenters. The van der Waals surface area contributed by atoms with Crippen LogP contribution in [0.3, 0.4) is 0 Å². The number of rotatable bonds is 6. The molecule has 5 heteroatoms. The number of carbonyl (C=O) groups is 1. The second-order valence-corrected chi connectivity index (χ2v) is 5.73. The largest absolute Gasteiger partial charge is 0.352 e. The Kier molecular flexibility index (Phi) is 6.86. The van der Waals surface area contributed by atoms with Crippen LogP contribution in [0.5, 0.6) is 0 Å². The van der Waals surface area contributed by atoms with Crippen LogP contribution in [0, 0.1) is 11.7 Å². The Morgan fingerprint density at radius 3 is 2.78 bits per heavy atom. The molecule has 1 unspecified atom stereocenters. The van der Waals surface area contributed by atoms with Crippen LogP contribution in [-0.4, -0.2) is 17.8 Å². The second kappa shape index (κ2) is 7.89. The van der Waals surface area contributed by atoms with Crippen LogP contribution in [0.4, 0.5) is 4.39 Å². The third-order valence-electron chi connectivity index (χ3n) is 2.82. The van der Waals surface area contributed by atoms with E-state index < -0.39 is 0 Å². The lowest BCUT2D eigenvalue weighted by Gasteiger charge is -2.14. The molecule has 0 spiro atoms. The highest BCUT2D eigenvalue weighted by Gasteiger charge is 2.12. The number of nitrogens with one attached hydrogen (secondary N) is 1. The number of hydrogen-bond acceptors (Lipinski definition) is 1. The molecule has 18 heavy (non-hydrogen) atoms. The number of hydrogen-bond donors (Lipinski definition) is 1. The summed E-state index contributed by atoms with van der Waals surface area (Å²) >= 11 is 6.59. The van der Waals surface area contributed by atoms with Gasteiger partial charge in [0.15, 0.2) is 0 Å². The van der Waals surface area contributed by atoms with E-state index >= 15 is 0 Å². The predicted octanol–water partition coefficient (Wildman–Crippen LogP) is 4.13. The average molecular weight is 381 g/mol. The van der Waals surface area contributed by atoms with Gasteiger partial charge in [-0.1, -0.05) is 29.3 Å². The van der Waals surface area contributed by atoms with E-state index in [-0.39, 0.29) is 11.7 Å². The number of benzene rings is 1. The van der Waals surface area contributed by atoms with E-state index in [1.54, 1.807) is 0 Å². The van der Waals surface area contributed by atoms with Gasteiger partial charge in [0.25, 0.3) is 5.91 Å². The molecular formula is C13H16Br2FNO. The van der Waals surface area contributed by atoms with Gasteiger partial charge >= 0.3 is 0 Å². The van der Waals surface area contributed by atoms with Gasteiger partial charge in [-0.3, -0.25) is 4.79 Å². The van der Waals surface area contributed by atoms with Crippen molar-refractivity contribution in [2.45, 2.75) is 19.8 Å². The Hall–Kier alpha value is -0.420. The van der Waals surface area contributed by atoms with Crippen molar-refractivity contribution >= 4 is 37.8 Å². The van der Waals surface area contributed by atoms with Gasteiger partial charge in [0, 0.05) is 16.3 Å². The van der Waals surface area contributed by atoms with Crippen LogP contribution in [-0.2, 0) is 0 Å². The third kappa shape index (κ3) is 4.69. The van der Waals surface area contributed by atoms with Gasteiger partial charge in [0.05, 0.1) is 5.56 Å². The molecule has 1 aromatic carbocycles. The van der Waals surface area contributed by atoms with Crippen molar-refractivity contribution in [3.05, 3.63) is 34.1 Å². The highest BCUT2D eigenvalue weighted by Crippen LogP contribution is 2.18. The Bertz CT molecular complexity index is 412. The van der Waals surface area contributed by atoms with E-state index in [0.29, 0.717) is 22.5 Å². The molecule has 1 rings (SSSR count). The van der Waals surface area contributed by atoms with Crippen molar-refractivity contribution in [3.63, 3.8) is 0 Å². The molecule has 0 heterocycles. The molecule has 1 amide bonds. The molecule has 0 aliphatic rings. The standard InChI is InChI=1S/C13H16Br2FNO/c1-2-9(5-6-14)8-17-13(18)11-4-3-10(16)7-12(11)15/h3-4,7,9H,2,5-6,8H2,1H3,(H,17,18). The Morgan fingerprint density at radius 2 is 2.22 bits per heavy atom. The van der Waals surface area contributed by atoms with Gasteiger partial charge in [-0.05, 0) is 46.5 Å². The first-order valence-corrected chi connectivity index (χ1v) is 7.79. The molecular weight excluding hydrogens is 365 g/mol. The van der Waals surface area contributed by atoms with E-state index in [9.17, 15) is 9.18 Å². The summed E-state index contributed by atoms with van der Waals surface area (Å²) in [6.45, 7) is 2.75. The zero-order valence-electron chi connectivity index (χ0n) is 10.2. The summed E-state index contributed by atoms with van der Waals surface area (Å²) in [5, 5.41) is 3.82. The Labute approximate surface area is 124 Å². The molecule has 0 aliphatic heterocycles. The zero-order chi connectivity index (χ0) is 13.5. The van der Waals surface area contributed by atoms with E-state index in [2.05, 4.69) is 44.1 Å². The summed E-state index contributed by atoms with van der Waals surface area (Å²) in [5.74, 6) is -0.0633. The van der Waals surface area contributed by atoms with Gasteiger partial charge in [-0.15, -0.1) is 0 Å². The number of halogens is 3. The van der Waals surface area contributed by atoms with Gasteiger partial charge in [0.2, 0.25) is 0 Å². The van der Waals surface area contributed by atoms with Gasteiger partial charge in [-0.2, -0.15) is 0 Å². The normalized spacial score (nSPS) is 12.2. The smallest absolute Gasteiger partial charge is 0.252 e. The second-order valence-electron chi connectivity index (χ2n) is 4.09. The molecule has 0 bridgehead atoms. The monoisotopic (exact) mass is 379 g/mol. The number of alkyl halides is 1. The maximum Gasteiger partial charge on any atom is 0.252 e. The minimum atomic E-state index is -0.357. The predicted molar refractivity (Wildman–Crippen MR) is 78.6 cm³/mol. The lowest BCUT2D eigenvalue weighted by Crippen LogP contribution is -2.29. The van der Waals surface area contributed by atoms with E-state index in [1.807, 2.05) is 0 Å². The maximum absolute atomic E-state index is 12.9. The molecule has 100 valence electrons. The van der Waals surface area contributed by atoms with Crippen LogP contribution < -0.4 is 5.32 Å². The van der Waals surface area contributed by atoms with E-state index in [0.717, 1.165) is 18.2 Å². The summed E-state index contributed by atoms with van der Waals surface area (Å²) < 4.78 is 13.4. The topological polar surface area (TPSA) is 29.1 Å². The number of carbonyl (C=O) groups excluding carboxylic acids is 1. The molecule has 1 aromatic rings. The Balaban J connectivity index is 2.59. The van der Waals surface area contributed by atoms with Crippen LogP contribution in [0.1, 0.15) is 30.1 Å². The lowest BCUT2D eigenvalue weighted by molar-refractivity contribution is 0.0945. The fourth-order valence-electron chi connectivity index (χ4n) is 1.61. The van der Waals surface area contributed by atoms with Crippen LogP contribution in [0.2, 0.25) is 0 Å². The average Bonchev–Trinajstić information content (AvgIpc) is 2.34. The Morgan fingerprint density at radius 1 is 1.50 bits per heavy atom. The molecule has 0 fully saturated rings. The van der Waals surface area contributed by atoms with Crippen LogP contribution in [0.15, 0.2) is 22.7 Å². The summed E-state index contributed by atoms with van der Waals surface area (Å²) in [6.07, 6.45) is 2.05. The molecule has 2 nitrogen and oxygen atoms in total. The first-order valence-electron chi connectivity index (χ1n) is 5.87. The molecule has 0 radical (unpaired) electrons. The van der Waals surface area contributed by atoms with Gasteiger partial charge < -0.3 is 5.32 Å². The lowest BCUT2D eigenvalue weighted by atomic mass is 10.0. The molecule has 0 saturated heterocycles. The van der Waals surface area contributed by atoms with Crippen molar-refractivity contribution in [2.75, 3.05) is 11.9 Å². The SMILES string of the molecule is CCC(CCBr)CNC(=O)c1ccc(F)cc1Br. The van der Waals surface area contributed by atoms with Crippen molar-refractivity contribution < 1.29 is 9.18 Å². The van der Waals surface area contributed by atoms with Gasteiger partial charge in [-0.25, -0.2) is 4.39 Å². The summed E-state index contributed by atoms with van der Waals surface area (Å²) in [4.78, 5) is 11.9. The zero-order valence-corrected chi connectivity index (χ0v) is 13.4. The van der Waals surface area contributed by atoms with Gasteiger partial charge in [0.1, 0.15) is 5.82 Å². The summed E-state index contributed by atoms with van der Waals surface area (Å²) in [6, 6.07) is 4.07. The van der Waals surface area contributed by atoms with Crippen molar-refractivity contribution in [1.82, 2.24) is 5.32 Å². The number of amides is 1. The van der Waals surface area contributed by atoms with Crippen LogP contribution in [0.25, 0.3) is 0 Å². The minimum absolute atomic E-state index is 0.171. The summed E-state index contributed by atoms with van der Waals surface area (Å²) in [5.41, 5.74) is 0.463. The highest BCUT2D eigenvalue weighted by atomic mass is 79.9. The molecule has 0 aliphatic carbocycles.